The summed E-state index contributed by atoms with van der Waals surface area (Å²) in [7, 11) is 0. The third kappa shape index (κ3) is 2.87. The maximum absolute atomic E-state index is 11.3. The van der Waals surface area contributed by atoms with Gasteiger partial charge in [0.25, 0.3) is 0 Å². The molecule has 0 aliphatic carbocycles. The molecule has 0 spiro atoms. The quantitative estimate of drug-likeness (QED) is 0.926. The average molecular weight is 323 g/mol. The number of benzene rings is 1. The maximum Gasteiger partial charge on any atom is 0.339 e. The van der Waals surface area contributed by atoms with Crippen molar-refractivity contribution in [2.75, 3.05) is 0 Å². The van der Waals surface area contributed by atoms with Gasteiger partial charge in [0.05, 0.1) is 0 Å². The summed E-state index contributed by atoms with van der Waals surface area (Å²) in [5.41, 5.74) is 1.56. The summed E-state index contributed by atoms with van der Waals surface area (Å²) in [4.78, 5) is 11.3. The number of carboxylic acids is 1. The van der Waals surface area contributed by atoms with Gasteiger partial charge in [0.2, 0.25) is 0 Å². The molecule has 0 aliphatic heterocycles. The molecule has 100 valence electrons. The third-order valence-corrected chi connectivity index (χ3v) is 3.65. The van der Waals surface area contributed by atoms with Crippen LogP contribution in [0, 0.1) is 0 Å². The van der Waals surface area contributed by atoms with E-state index in [0.717, 1.165) is 16.5 Å². The number of carboxylic acid groups (broad SMARTS) is 1. The third-order valence-electron chi connectivity index (χ3n) is 3.12. The Morgan fingerprint density at radius 3 is 2.58 bits per heavy atom. The van der Waals surface area contributed by atoms with E-state index in [2.05, 4.69) is 21.0 Å². The molecule has 1 heterocycles. The Morgan fingerprint density at radius 2 is 2.05 bits per heavy atom. The summed E-state index contributed by atoms with van der Waals surface area (Å²) >= 11 is 3.36. The number of aromatic nitrogens is 2. The van der Waals surface area contributed by atoms with Crippen LogP contribution in [0.5, 0.6) is 0 Å². The first-order chi connectivity index (χ1) is 9.02. The molecule has 1 aromatic heterocycles. The molecule has 2 aromatic rings. The minimum absolute atomic E-state index is 0.183. The van der Waals surface area contributed by atoms with Gasteiger partial charge >= 0.3 is 5.97 Å². The van der Waals surface area contributed by atoms with Gasteiger partial charge in [-0.2, -0.15) is 5.10 Å². The predicted molar refractivity (Wildman–Crippen MR) is 77.3 cm³/mol. The molecule has 0 fully saturated rings. The molecule has 4 nitrogen and oxygen atoms in total. The van der Waals surface area contributed by atoms with Crippen LogP contribution in [0.3, 0.4) is 0 Å². The molecule has 1 atom stereocenters. The van der Waals surface area contributed by atoms with Crippen molar-refractivity contribution in [2.45, 2.75) is 26.3 Å². The summed E-state index contributed by atoms with van der Waals surface area (Å²) in [6.45, 7) is 4.07. The number of hydrogen-bond donors (Lipinski definition) is 1. The van der Waals surface area contributed by atoms with Crippen LogP contribution in [0.15, 0.2) is 34.9 Å². The van der Waals surface area contributed by atoms with E-state index in [4.69, 9.17) is 0 Å². The molecule has 1 N–H and O–H groups in total. The van der Waals surface area contributed by atoms with E-state index < -0.39 is 5.97 Å². The van der Waals surface area contributed by atoms with Crippen molar-refractivity contribution >= 4 is 21.9 Å². The van der Waals surface area contributed by atoms with Crippen LogP contribution in [0.4, 0.5) is 0 Å². The summed E-state index contributed by atoms with van der Waals surface area (Å²) in [5, 5.41) is 13.7. The molecule has 1 aromatic carbocycles. The second kappa shape index (κ2) is 5.57. The van der Waals surface area contributed by atoms with Crippen molar-refractivity contribution < 1.29 is 9.90 Å². The van der Waals surface area contributed by atoms with Gasteiger partial charge in [-0.3, -0.25) is 4.68 Å². The Hall–Kier alpha value is -1.62. The van der Waals surface area contributed by atoms with Crippen LogP contribution in [0.2, 0.25) is 0 Å². The first kappa shape index (κ1) is 13.8. The minimum Gasteiger partial charge on any atom is -0.478 e. The Morgan fingerprint density at radius 1 is 1.42 bits per heavy atom. The van der Waals surface area contributed by atoms with E-state index in [1.54, 1.807) is 10.9 Å². The highest BCUT2D eigenvalue weighted by Gasteiger charge is 2.18. The number of rotatable bonds is 4. The highest BCUT2D eigenvalue weighted by Crippen LogP contribution is 2.25. The highest BCUT2D eigenvalue weighted by atomic mass is 79.9. The van der Waals surface area contributed by atoms with Gasteiger partial charge < -0.3 is 5.11 Å². The van der Waals surface area contributed by atoms with E-state index in [9.17, 15) is 9.90 Å². The van der Waals surface area contributed by atoms with Crippen LogP contribution in [-0.4, -0.2) is 20.9 Å². The lowest BCUT2D eigenvalue weighted by Crippen LogP contribution is -2.04. The number of carbonyl (C=O) groups is 1. The van der Waals surface area contributed by atoms with E-state index >= 15 is 0 Å². The van der Waals surface area contributed by atoms with Crippen molar-refractivity contribution in [3.8, 4) is 11.3 Å². The zero-order chi connectivity index (χ0) is 14.0. The molecule has 0 saturated heterocycles. The van der Waals surface area contributed by atoms with Gasteiger partial charge in [-0.25, -0.2) is 4.79 Å². The average Bonchev–Trinajstić information content (AvgIpc) is 2.84. The van der Waals surface area contributed by atoms with Gasteiger partial charge in [-0.15, -0.1) is 0 Å². The van der Waals surface area contributed by atoms with Gasteiger partial charge in [0.15, 0.2) is 0 Å². The van der Waals surface area contributed by atoms with Crippen molar-refractivity contribution in [1.82, 2.24) is 9.78 Å². The summed E-state index contributed by atoms with van der Waals surface area (Å²) < 4.78 is 2.68. The summed E-state index contributed by atoms with van der Waals surface area (Å²) in [6, 6.07) is 7.66. The second-order valence-corrected chi connectivity index (χ2v) is 5.36. The fraction of sp³-hybridized carbons (Fsp3) is 0.286. The van der Waals surface area contributed by atoms with Crippen molar-refractivity contribution in [3.63, 3.8) is 0 Å². The molecule has 0 radical (unpaired) electrons. The van der Waals surface area contributed by atoms with Crippen molar-refractivity contribution in [3.05, 3.63) is 40.5 Å². The van der Waals surface area contributed by atoms with Crippen molar-refractivity contribution in [2.24, 2.45) is 0 Å². The normalized spacial score (nSPS) is 12.4. The van der Waals surface area contributed by atoms with E-state index in [0.29, 0.717) is 5.69 Å². The molecular weight excluding hydrogens is 308 g/mol. The molecule has 0 bridgehead atoms. The second-order valence-electron chi connectivity index (χ2n) is 4.44. The molecule has 0 amide bonds. The van der Waals surface area contributed by atoms with Crippen molar-refractivity contribution in [1.29, 1.82) is 0 Å². The zero-order valence-corrected chi connectivity index (χ0v) is 12.4. The fourth-order valence-electron chi connectivity index (χ4n) is 1.78. The number of aromatic carboxylic acids is 1. The summed E-state index contributed by atoms with van der Waals surface area (Å²) in [6.07, 6.45) is 2.51. The van der Waals surface area contributed by atoms with Gasteiger partial charge in [-0.05, 0) is 25.5 Å². The number of nitrogens with zero attached hydrogens (tertiary/aromatic N) is 2. The lowest BCUT2D eigenvalue weighted by Gasteiger charge is -2.07. The Kier molecular flexibility index (Phi) is 4.04. The lowest BCUT2D eigenvalue weighted by atomic mass is 10.1. The van der Waals surface area contributed by atoms with Gasteiger partial charge in [-0.1, -0.05) is 35.0 Å². The van der Waals surface area contributed by atoms with Crippen LogP contribution in [0.25, 0.3) is 11.3 Å². The van der Waals surface area contributed by atoms with E-state index in [-0.39, 0.29) is 11.6 Å². The molecular formula is C14H15BrN2O2. The lowest BCUT2D eigenvalue weighted by molar-refractivity contribution is 0.0697. The molecule has 5 heteroatoms. The van der Waals surface area contributed by atoms with Crippen LogP contribution in [-0.2, 0) is 0 Å². The largest absolute Gasteiger partial charge is 0.478 e. The first-order valence-corrected chi connectivity index (χ1v) is 6.90. The molecule has 0 saturated carbocycles. The number of halogens is 1. The molecule has 0 aliphatic rings. The van der Waals surface area contributed by atoms with Crippen LogP contribution in [0.1, 0.15) is 36.7 Å². The van der Waals surface area contributed by atoms with E-state index in [1.165, 1.54) is 0 Å². The SMILES string of the molecule is CCC(C)n1cc(C(=O)O)c(-c2ccc(Br)cc2)n1. The smallest absolute Gasteiger partial charge is 0.339 e. The molecule has 2 rings (SSSR count). The van der Waals surface area contributed by atoms with Gasteiger partial charge in [0, 0.05) is 22.3 Å². The topological polar surface area (TPSA) is 55.1 Å². The fourth-order valence-corrected chi connectivity index (χ4v) is 2.05. The van der Waals surface area contributed by atoms with Crippen LogP contribution < -0.4 is 0 Å². The highest BCUT2D eigenvalue weighted by molar-refractivity contribution is 9.10. The van der Waals surface area contributed by atoms with Gasteiger partial charge in [0.1, 0.15) is 11.3 Å². The zero-order valence-electron chi connectivity index (χ0n) is 10.8. The standard InChI is InChI=1S/C14H15BrN2O2/c1-3-9(2)17-8-12(14(18)19)13(16-17)10-4-6-11(15)7-5-10/h4-9H,3H2,1-2H3,(H,18,19). The Labute approximate surface area is 120 Å². The maximum atomic E-state index is 11.3. The Balaban J connectivity index is 2.51. The molecule has 19 heavy (non-hydrogen) atoms. The summed E-state index contributed by atoms with van der Waals surface area (Å²) in [5.74, 6) is -0.951. The Bertz CT molecular complexity index is 590. The predicted octanol–water partition coefficient (Wildman–Crippen LogP) is 3.98. The monoisotopic (exact) mass is 322 g/mol. The van der Waals surface area contributed by atoms with Crippen LogP contribution >= 0.6 is 15.9 Å². The van der Waals surface area contributed by atoms with E-state index in [1.807, 2.05) is 38.1 Å². The minimum atomic E-state index is -0.951. The molecule has 1 unspecified atom stereocenters. The number of hydrogen-bond acceptors (Lipinski definition) is 2. The first-order valence-electron chi connectivity index (χ1n) is 6.11.